The lowest BCUT2D eigenvalue weighted by Gasteiger charge is -2.10. The minimum atomic E-state index is 0.218. The zero-order valence-electron chi connectivity index (χ0n) is 9.57. The van der Waals surface area contributed by atoms with E-state index in [0.29, 0.717) is 5.82 Å². The number of rotatable bonds is 3. The Bertz CT molecular complexity index is 531. The monoisotopic (exact) mass is 249 g/mol. The van der Waals surface area contributed by atoms with Gasteiger partial charge in [-0.3, -0.25) is 0 Å². The SMILES string of the molecule is COc1ccc(C)c(Nc2ccnc(Cl)n2)c1. The van der Waals surface area contributed by atoms with Crippen molar-refractivity contribution < 1.29 is 4.74 Å². The van der Waals surface area contributed by atoms with Crippen LogP contribution in [0.3, 0.4) is 0 Å². The molecule has 0 radical (unpaired) electrons. The van der Waals surface area contributed by atoms with Gasteiger partial charge in [-0.05, 0) is 36.2 Å². The molecule has 17 heavy (non-hydrogen) atoms. The van der Waals surface area contributed by atoms with Gasteiger partial charge in [0, 0.05) is 18.0 Å². The van der Waals surface area contributed by atoms with E-state index in [1.54, 1.807) is 19.4 Å². The maximum Gasteiger partial charge on any atom is 0.224 e. The molecule has 0 bridgehead atoms. The van der Waals surface area contributed by atoms with Gasteiger partial charge >= 0.3 is 0 Å². The Labute approximate surface area is 105 Å². The van der Waals surface area contributed by atoms with Crippen LogP contribution in [0.2, 0.25) is 5.28 Å². The van der Waals surface area contributed by atoms with Gasteiger partial charge < -0.3 is 10.1 Å². The van der Waals surface area contributed by atoms with Crippen molar-refractivity contribution in [2.75, 3.05) is 12.4 Å². The highest BCUT2D eigenvalue weighted by Crippen LogP contribution is 2.24. The van der Waals surface area contributed by atoms with E-state index in [0.717, 1.165) is 17.0 Å². The van der Waals surface area contributed by atoms with Crippen molar-refractivity contribution >= 4 is 23.1 Å². The van der Waals surface area contributed by atoms with Crippen LogP contribution in [-0.2, 0) is 0 Å². The van der Waals surface area contributed by atoms with Gasteiger partial charge in [-0.1, -0.05) is 6.07 Å². The Balaban J connectivity index is 2.29. The van der Waals surface area contributed by atoms with E-state index < -0.39 is 0 Å². The van der Waals surface area contributed by atoms with Gasteiger partial charge in [-0.2, -0.15) is 0 Å². The van der Waals surface area contributed by atoms with Crippen LogP contribution < -0.4 is 10.1 Å². The summed E-state index contributed by atoms with van der Waals surface area (Å²) in [6, 6.07) is 7.55. The molecule has 0 atom stereocenters. The molecule has 2 rings (SSSR count). The molecule has 88 valence electrons. The van der Waals surface area contributed by atoms with Crippen molar-refractivity contribution in [3.05, 3.63) is 41.3 Å². The Morgan fingerprint density at radius 3 is 2.82 bits per heavy atom. The molecule has 1 aromatic carbocycles. The van der Waals surface area contributed by atoms with Crippen LogP contribution in [0.4, 0.5) is 11.5 Å². The van der Waals surface area contributed by atoms with Crippen LogP contribution in [0.1, 0.15) is 5.56 Å². The summed E-state index contributed by atoms with van der Waals surface area (Å²) in [5, 5.41) is 3.39. The van der Waals surface area contributed by atoms with Gasteiger partial charge in [0.2, 0.25) is 5.28 Å². The second-order valence-electron chi connectivity index (χ2n) is 3.52. The number of anilines is 2. The van der Waals surface area contributed by atoms with Gasteiger partial charge in [0.15, 0.2) is 0 Å². The Kier molecular flexibility index (Phi) is 3.44. The number of aryl methyl sites for hydroxylation is 1. The minimum absolute atomic E-state index is 0.218. The predicted octanol–water partition coefficient (Wildman–Crippen LogP) is 3.19. The number of hydrogen-bond acceptors (Lipinski definition) is 4. The highest BCUT2D eigenvalue weighted by Gasteiger charge is 2.02. The molecule has 0 aliphatic rings. The van der Waals surface area contributed by atoms with Crippen molar-refractivity contribution in [1.29, 1.82) is 0 Å². The lowest BCUT2D eigenvalue weighted by Crippen LogP contribution is -1.97. The molecule has 0 fully saturated rings. The highest BCUT2D eigenvalue weighted by atomic mass is 35.5. The quantitative estimate of drug-likeness (QED) is 0.849. The molecule has 1 N–H and O–H groups in total. The summed E-state index contributed by atoms with van der Waals surface area (Å²) in [5.41, 5.74) is 2.03. The lowest BCUT2D eigenvalue weighted by molar-refractivity contribution is 0.415. The topological polar surface area (TPSA) is 47.0 Å². The van der Waals surface area contributed by atoms with Crippen LogP contribution in [0.5, 0.6) is 5.75 Å². The first-order valence-corrected chi connectivity index (χ1v) is 5.47. The minimum Gasteiger partial charge on any atom is -0.497 e. The number of ether oxygens (including phenoxy) is 1. The second-order valence-corrected chi connectivity index (χ2v) is 3.85. The van der Waals surface area contributed by atoms with Gasteiger partial charge in [0.25, 0.3) is 0 Å². The molecule has 2 aromatic rings. The van der Waals surface area contributed by atoms with Crippen LogP contribution in [0.15, 0.2) is 30.5 Å². The smallest absolute Gasteiger partial charge is 0.224 e. The summed E-state index contributed by atoms with van der Waals surface area (Å²) in [7, 11) is 1.63. The fraction of sp³-hybridized carbons (Fsp3) is 0.167. The number of methoxy groups -OCH3 is 1. The van der Waals surface area contributed by atoms with Crippen molar-refractivity contribution in [2.45, 2.75) is 6.92 Å². The first kappa shape index (κ1) is 11.7. The zero-order chi connectivity index (χ0) is 12.3. The van der Waals surface area contributed by atoms with Crippen LogP contribution >= 0.6 is 11.6 Å². The summed E-state index contributed by atoms with van der Waals surface area (Å²) in [6.45, 7) is 2.00. The molecule has 0 saturated carbocycles. The third-order valence-electron chi connectivity index (χ3n) is 2.33. The van der Waals surface area contributed by atoms with E-state index in [-0.39, 0.29) is 5.28 Å². The summed E-state index contributed by atoms with van der Waals surface area (Å²) < 4.78 is 5.17. The second kappa shape index (κ2) is 5.01. The van der Waals surface area contributed by atoms with Crippen molar-refractivity contribution in [3.8, 4) is 5.75 Å². The third-order valence-corrected chi connectivity index (χ3v) is 2.52. The third kappa shape index (κ3) is 2.85. The highest BCUT2D eigenvalue weighted by molar-refractivity contribution is 6.28. The van der Waals surface area contributed by atoms with Crippen molar-refractivity contribution in [1.82, 2.24) is 9.97 Å². The van der Waals surface area contributed by atoms with Crippen LogP contribution in [0, 0.1) is 6.92 Å². The van der Waals surface area contributed by atoms with Gasteiger partial charge in [0.1, 0.15) is 11.6 Å². The molecule has 0 aliphatic carbocycles. The van der Waals surface area contributed by atoms with E-state index in [1.807, 2.05) is 25.1 Å². The summed E-state index contributed by atoms with van der Waals surface area (Å²) in [4.78, 5) is 7.89. The first-order chi connectivity index (χ1) is 8.19. The Morgan fingerprint density at radius 1 is 1.29 bits per heavy atom. The molecule has 5 heteroatoms. The van der Waals surface area contributed by atoms with Gasteiger partial charge in [-0.25, -0.2) is 9.97 Å². The summed E-state index contributed by atoms with van der Waals surface area (Å²) >= 11 is 5.72. The average molecular weight is 250 g/mol. The van der Waals surface area contributed by atoms with E-state index in [4.69, 9.17) is 16.3 Å². The van der Waals surface area contributed by atoms with Crippen LogP contribution in [0.25, 0.3) is 0 Å². The molecule has 1 heterocycles. The number of nitrogens with one attached hydrogen (secondary N) is 1. The number of aromatic nitrogens is 2. The Morgan fingerprint density at radius 2 is 2.12 bits per heavy atom. The molecule has 4 nitrogen and oxygen atoms in total. The first-order valence-electron chi connectivity index (χ1n) is 5.09. The average Bonchev–Trinajstić information content (AvgIpc) is 2.32. The van der Waals surface area contributed by atoms with Crippen molar-refractivity contribution in [3.63, 3.8) is 0 Å². The lowest BCUT2D eigenvalue weighted by atomic mass is 10.2. The summed E-state index contributed by atoms with van der Waals surface area (Å²) in [6.07, 6.45) is 1.60. The normalized spacial score (nSPS) is 10.1. The van der Waals surface area contributed by atoms with Crippen LogP contribution in [-0.4, -0.2) is 17.1 Å². The zero-order valence-corrected chi connectivity index (χ0v) is 10.3. The van der Waals surface area contributed by atoms with E-state index >= 15 is 0 Å². The number of nitrogens with zero attached hydrogens (tertiary/aromatic N) is 2. The fourth-order valence-electron chi connectivity index (χ4n) is 1.41. The van der Waals surface area contributed by atoms with E-state index in [1.165, 1.54) is 0 Å². The van der Waals surface area contributed by atoms with Gasteiger partial charge in [-0.15, -0.1) is 0 Å². The predicted molar refractivity (Wildman–Crippen MR) is 68.1 cm³/mol. The molecule has 0 aliphatic heterocycles. The molecule has 0 unspecified atom stereocenters. The van der Waals surface area contributed by atoms with E-state index in [9.17, 15) is 0 Å². The molecule has 0 amide bonds. The van der Waals surface area contributed by atoms with E-state index in [2.05, 4.69) is 15.3 Å². The maximum atomic E-state index is 5.72. The molecular weight excluding hydrogens is 238 g/mol. The maximum absolute atomic E-state index is 5.72. The molecule has 0 saturated heterocycles. The molecular formula is C12H12ClN3O. The van der Waals surface area contributed by atoms with Gasteiger partial charge in [0.05, 0.1) is 7.11 Å². The number of hydrogen-bond donors (Lipinski definition) is 1. The number of halogens is 1. The summed E-state index contributed by atoms with van der Waals surface area (Å²) in [5.74, 6) is 1.44. The Hall–Kier alpha value is -1.81. The largest absolute Gasteiger partial charge is 0.497 e. The molecule has 0 spiro atoms. The number of benzene rings is 1. The standard InChI is InChI=1S/C12H12ClN3O/c1-8-3-4-9(17-2)7-10(8)15-11-5-6-14-12(13)16-11/h3-7H,1-2H3,(H,14,15,16). The van der Waals surface area contributed by atoms with Crippen molar-refractivity contribution in [2.24, 2.45) is 0 Å². The molecule has 1 aromatic heterocycles. The fourth-order valence-corrected chi connectivity index (χ4v) is 1.55.